The molecule has 160 valence electrons. The molecule has 0 spiro atoms. The third-order valence-corrected chi connectivity index (χ3v) is 5.43. The first-order chi connectivity index (χ1) is 14.9. The molecule has 2 atom stereocenters. The highest BCUT2D eigenvalue weighted by Crippen LogP contribution is 2.30. The largest absolute Gasteiger partial charge is 0.365 e. The normalized spacial score (nSPS) is 19.1. The van der Waals surface area contributed by atoms with Crippen molar-refractivity contribution < 1.29 is 9.18 Å². The summed E-state index contributed by atoms with van der Waals surface area (Å²) in [5, 5.41) is 21.7. The van der Waals surface area contributed by atoms with E-state index in [4.69, 9.17) is 5.73 Å². The Hall–Kier alpha value is -3.71. The second-order valence-electron chi connectivity index (χ2n) is 7.68. The number of nitriles is 1. The molecule has 1 aliphatic rings. The van der Waals surface area contributed by atoms with Gasteiger partial charge in [0, 0.05) is 38.2 Å². The first kappa shape index (κ1) is 20.6. The predicted octanol–water partition coefficient (Wildman–Crippen LogP) is 2.18. The van der Waals surface area contributed by atoms with Crippen molar-refractivity contribution in [1.82, 2.24) is 24.5 Å². The summed E-state index contributed by atoms with van der Waals surface area (Å²) >= 11 is 0. The van der Waals surface area contributed by atoms with Crippen LogP contribution < -0.4 is 11.1 Å². The van der Waals surface area contributed by atoms with E-state index in [1.54, 1.807) is 27.7 Å². The zero-order valence-electron chi connectivity index (χ0n) is 17.1. The molecule has 3 heterocycles. The number of benzene rings is 1. The van der Waals surface area contributed by atoms with Crippen molar-refractivity contribution in [1.29, 1.82) is 5.26 Å². The molecule has 1 fully saturated rings. The van der Waals surface area contributed by atoms with Crippen molar-refractivity contribution in [2.24, 2.45) is 18.7 Å². The van der Waals surface area contributed by atoms with Crippen LogP contribution in [-0.2, 0) is 13.6 Å². The number of hydrogen-bond donors (Lipinski definition) is 2. The molecular weight excluding hydrogens is 399 g/mol. The van der Waals surface area contributed by atoms with Crippen LogP contribution in [-0.4, -0.2) is 43.5 Å². The first-order valence-corrected chi connectivity index (χ1v) is 9.95. The summed E-state index contributed by atoms with van der Waals surface area (Å²) in [7, 11) is 1.87. The van der Waals surface area contributed by atoms with Gasteiger partial charge in [-0.25, -0.2) is 4.39 Å². The number of carbonyl (C=O) groups excluding carboxylic acids is 1. The van der Waals surface area contributed by atoms with Gasteiger partial charge in [-0.15, -0.1) is 0 Å². The highest BCUT2D eigenvalue weighted by Gasteiger charge is 2.32. The second-order valence-corrected chi connectivity index (χ2v) is 7.68. The number of aromatic nitrogens is 4. The van der Waals surface area contributed by atoms with Crippen LogP contribution in [0.25, 0.3) is 0 Å². The minimum Gasteiger partial charge on any atom is -0.365 e. The van der Waals surface area contributed by atoms with Crippen molar-refractivity contribution in [3.8, 4) is 6.07 Å². The van der Waals surface area contributed by atoms with E-state index in [1.807, 2.05) is 19.3 Å². The number of primary amides is 1. The highest BCUT2D eigenvalue weighted by atomic mass is 19.1. The number of piperidine rings is 1. The molecular formula is C21H23FN8O. The molecule has 1 aromatic carbocycles. The van der Waals surface area contributed by atoms with Gasteiger partial charge in [-0.2, -0.15) is 15.5 Å². The average Bonchev–Trinajstić information content (AvgIpc) is 3.36. The maximum Gasteiger partial charge on any atom is 0.254 e. The number of carbonyl (C=O) groups is 1. The zero-order valence-corrected chi connectivity index (χ0v) is 17.1. The quantitative estimate of drug-likeness (QED) is 0.629. The Morgan fingerprint density at radius 2 is 2.10 bits per heavy atom. The monoisotopic (exact) mass is 422 g/mol. The summed E-state index contributed by atoms with van der Waals surface area (Å²) < 4.78 is 16.6. The minimum absolute atomic E-state index is 0.211. The smallest absolute Gasteiger partial charge is 0.254 e. The molecule has 1 aliphatic heterocycles. The van der Waals surface area contributed by atoms with Gasteiger partial charge in [-0.1, -0.05) is 0 Å². The maximum absolute atomic E-state index is 13.2. The lowest BCUT2D eigenvalue weighted by atomic mass is 9.93. The number of rotatable bonds is 6. The average molecular weight is 422 g/mol. The number of nitrogens with zero attached hydrogens (tertiary/aromatic N) is 6. The number of halogens is 1. The lowest BCUT2D eigenvalue weighted by Gasteiger charge is -2.35. The summed E-state index contributed by atoms with van der Waals surface area (Å²) in [6, 6.07) is 9.81. The number of nitrogens with one attached hydrogen (secondary N) is 1. The fourth-order valence-electron chi connectivity index (χ4n) is 3.84. The van der Waals surface area contributed by atoms with Gasteiger partial charge in [0.1, 0.15) is 11.4 Å². The summed E-state index contributed by atoms with van der Waals surface area (Å²) in [5.41, 5.74) is 7.29. The number of hydrogen-bond acceptors (Lipinski definition) is 6. The molecule has 0 radical (unpaired) electrons. The molecule has 1 saturated heterocycles. The molecule has 10 heteroatoms. The molecule has 1 amide bonds. The van der Waals surface area contributed by atoms with Crippen LogP contribution in [0.3, 0.4) is 0 Å². The summed E-state index contributed by atoms with van der Waals surface area (Å²) in [6.45, 7) is 2.03. The Bertz CT molecular complexity index is 1110. The molecule has 31 heavy (non-hydrogen) atoms. The Morgan fingerprint density at radius 1 is 1.32 bits per heavy atom. The minimum atomic E-state index is -0.634. The fraction of sp³-hybridized carbons (Fsp3) is 0.333. The molecule has 0 aliphatic carbocycles. The van der Waals surface area contributed by atoms with E-state index in [2.05, 4.69) is 26.5 Å². The Labute approximate surface area is 178 Å². The van der Waals surface area contributed by atoms with Gasteiger partial charge in [-0.05, 0) is 43.3 Å². The van der Waals surface area contributed by atoms with Gasteiger partial charge < -0.3 is 11.1 Å². The second kappa shape index (κ2) is 8.57. The molecule has 0 unspecified atom stereocenters. The first-order valence-electron chi connectivity index (χ1n) is 9.95. The number of likely N-dealkylation sites (tertiary alicyclic amines) is 1. The molecule has 9 nitrogen and oxygen atoms in total. The van der Waals surface area contributed by atoms with Gasteiger partial charge in [0.05, 0.1) is 23.7 Å². The third-order valence-electron chi connectivity index (χ3n) is 5.43. The van der Waals surface area contributed by atoms with Crippen molar-refractivity contribution in [3.05, 3.63) is 59.8 Å². The molecule has 2 aromatic heterocycles. The van der Waals surface area contributed by atoms with E-state index in [0.29, 0.717) is 25.2 Å². The number of amides is 1. The number of nitrogens with two attached hydrogens (primary N) is 1. The predicted molar refractivity (Wildman–Crippen MR) is 112 cm³/mol. The molecule has 0 bridgehead atoms. The van der Waals surface area contributed by atoms with Gasteiger partial charge in [-0.3, -0.25) is 19.1 Å². The highest BCUT2D eigenvalue weighted by molar-refractivity contribution is 5.98. The number of anilines is 2. The molecule has 3 aromatic rings. The van der Waals surface area contributed by atoms with Crippen molar-refractivity contribution in [2.75, 3.05) is 18.4 Å². The van der Waals surface area contributed by atoms with Crippen molar-refractivity contribution in [3.63, 3.8) is 0 Å². The van der Waals surface area contributed by atoms with Crippen LogP contribution in [0.1, 0.15) is 28.5 Å². The van der Waals surface area contributed by atoms with E-state index in [-0.39, 0.29) is 29.2 Å². The van der Waals surface area contributed by atoms with E-state index >= 15 is 0 Å². The topological polar surface area (TPSA) is 118 Å². The maximum atomic E-state index is 13.2. The van der Waals surface area contributed by atoms with Gasteiger partial charge >= 0.3 is 0 Å². The number of aryl methyl sites for hydroxylation is 1. The van der Waals surface area contributed by atoms with E-state index in [9.17, 15) is 14.4 Å². The summed E-state index contributed by atoms with van der Waals surface area (Å²) in [4.78, 5) is 14.2. The summed E-state index contributed by atoms with van der Waals surface area (Å²) in [5.74, 6) is -0.972. The Morgan fingerprint density at radius 3 is 2.74 bits per heavy atom. The zero-order chi connectivity index (χ0) is 22.0. The van der Waals surface area contributed by atoms with Crippen LogP contribution in [0, 0.1) is 23.1 Å². The van der Waals surface area contributed by atoms with Gasteiger partial charge in [0.15, 0.2) is 5.82 Å². The van der Waals surface area contributed by atoms with E-state index in [0.717, 1.165) is 12.2 Å². The molecule has 3 N–H and O–H groups in total. The van der Waals surface area contributed by atoms with E-state index in [1.165, 1.54) is 12.1 Å². The van der Waals surface area contributed by atoms with Crippen molar-refractivity contribution >= 4 is 17.4 Å². The van der Waals surface area contributed by atoms with Crippen LogP contribution in [0.15, 0.2) is 42.7 Å². The molecule has 0 saturated carbocycles. The standard InChI is InChI=1S/C21H23FN8O/c1-28-8-7-17(26-28)11-29-9-6-14(10-23)19(13-29)30-12-18(20(24)31)21(27-30)25-16-4-2-15(22)3-5-16/h2-5,7-8,12,14,19H,6,9,11,13H2,1H3,(H2,24,31)(H,25,27)/t14-,19+/m0/s1. The van der Waals surface area contributed by atoms with Gasteiger partial charge in [0.25, 0.3) is 5.91 Å². The molecule has 4 rings (SSSR count). The van der Waals surface area contributed by atoms with Crippen LogP contribution >= 0.6 is 0 Å². The Balaban J connectivity index is 1.58. The van der Waals surface area contributed by atoms with Gasteiger partial charge in [0.2, 0.25) is 0 Å². The third kappa shape index (κ3) is 4.57. The fourth-order valence-corrected chi connectivity index (χ4v) is 3.84. The van der Waals surface area contributed by atoms with E-state index < -0.39 is 5.91 Å². The Kier molecular flexibility index (Phi) is 5.68. The van der Waals surface area contributed by atoms with Crippen LogP contribution in [0.2, 0.25) is 0 Å². The van der Waals surface area contributed by atoms with Crippen LogP contribution in [0.5, 0.6) is 0 Å². The van der Waals surface area contributed by atoms with Crippen LogP contribution in [0.4, 0.5) is 15.9 Å². The van der Waals surface area contributed by atoms with Crippen molar-refractivity contribution in [2.45, 2.75) is 19.0 Å². The lowest BCUT2D eigenvalue weighted by molar-refractivity contribution is 0.1000. The summed E-state index contributed by atoms with van der Waals surface area (Å²) in [6.07, 6.45) is 4.16. The SMILES string of the molecule is Cn1ccc(CN2CC[C@@H](C#N)[C@H](n3cc(C(N)=O)c(Nc4ccc(F)cc4)n3)C2)n1. The lowest BCUT2D eigenvalue weighted by Crippen LogP contribution is -2.41.